The molecule has 3 N–H and O–H groups in total. The van der Waals surface area contributed by atoms with Gasteiger partial charge in [-0.15, -0.1) is 0 Å². The highest BCUT2D eigenvalue weighted by Gasteiger charge is 2.43. The monoisotopic (exact) mass is 333 g/mol. The standard InChI is InChI=1S/C16H19N3O5/c1-3-7-19(9-12(20)21)13(22)10-5-4-6-11(8-10)16(2)14(23)17-15(24)18-16/h4-6,8H,3,7,9H2,1-2H3,(H,20,21)(H2,17,18,23,24). The number of urea groups is 1. The summed E-state index contributed by atoms with van der Waals surface area (Å²) < 4.78 is 0. The molecular formula is C16H19N3O5. The van der Waals surface area contributed by atoms with Crippen LogP contribution in [0, 0.1) is 0 Å². The number of benzene rings is 1. The molecule has 0 radical (unpaired) electrons. The first-order chi connectivity index (χ1) is 11.3. The van der Waals surface area contributed by atoms with Gasteiger partial charge in [-0.1, -0.05) is 19.1 Å². The highest BCUT2D eigenvalue weighted by atomic mass is 16.4. The molecule has 24 heavy (non-hydrogen) atoms. The van der Waals surface area contributed by atoms with Crippen molar-refractivity contribution in [3.05, 3.63) is 35.4 Å². The lowest BCUT2D eigenvalue weighted by Crippen LogP contribution is -2.41. The smallest absolute Gasteiger partial charge is 0.323 e. The van der Waals surface area contributed by atoms with Crippen LogP contribution in [0.5, 0.6) is 0 Å². The van der Waals surface area contributed by atoms with Gasteiger partial charge in [-0.05, 0) is 31.0 Å². The van der Waals surface area contributed by atoms with Gasteiger partial charge in [0, 0.05) is 12.1 Å². The highest BCUT2D eigenvalue weighted by molar-refractivity contribution is 6.07. The van der Waals surface area contributed by atoms with Gasteiger partial charge in [0.05, 0.1) is 0 Å². The summed E-state index contributed by atoms with van der Waals surface area (Å²) in [5.74, 6) is -2.04. The Hall–Kier alpha value is -2.90. The maximum Gasteiger partial charge on any atom is 0.323 e. The first kappa shape index (κ1) is 17.5. The Morgan fingerprint density at radius 1 is 1.29 bits per heavy atom. The quantitative estimate of drug-likeness (QED) is 0.662. The molecule has 0 aromatic heterocycles. The van der Waals surface area contributed by atoms with Gasteiger partial charge in [-0.2, -0.15) is 0 Å². The third kappa shape index (κ3) is 3.37. The Balaban J connectivity index is 2.32. The first-order valence-corrected chi connectivity index (χ1v) is 7.53. The minimum atomic E-state index is -1.27. The summed E-state index contributed by atoms with van der Waals surface area (Å²) in [6.45, 7) is 3.30. The van der Waals surface area contributed by atoms with E-state index in [4.69, 9.17) is 5.11 Å². The second kappa shape index (κ2) is 6.69. The number of imide groups is 1. The Morgan fingerprint density at radius 2 is 2.00 bits per heavy atom. The van der Waals surface area contributed by atoms with Gasteiger partial charge >= 0.3 is 12.0 Å². The highest BCUT2D eigenvalue weighted by Crippen LogP contribution is 2.25. The molecule has 2 rings (SSSR count). The van der Waals surface area contributed by atoms with Crippen molar-refractivity contribution < 1.29 is 24.3 Å². The number of carboxylic acids is 1. The molecule has 1 saturated heterocycles. The van der Waals surface area contributed by atoms with Crippen molar-refractivity contribution in [3.8, 4) is 0 Å². The largest absolute Gasteiger partial charge is 0.480 e. The van der Waals surface area contributed by atoms with Gasteiger partial charge in [-0.25, -0.2) is 4.79 Å². The van der Waals surface area contributed by atoms with Crippen LogP contribution in [0.2, 0.25) is 0 Å². The summed E-state index contributed by atoms with van der Waals surface area (Å²) in [6, 6.07) is 5.67. The molecule has 1 heterocycles. The van der Waals surface area contributed by atoms with Crippen molar-refractivity contribution in [2.24, 2.45) is 0 Å². The van der Waals surface area contributed by atoms with Gasteiger partial charge < -0.3 is 15.3 Å². The van der Waals surface area contributed by atoms with Gasteiger partial charge in [0.2, 0.25) is 0 Å². The van der Waals surface area contributed by atoms with Gasteiger partial charge in [0.15, 0.2) is 0 Å². The topological polar surface area (TPSA) is 116 Å². The van der Waals surface area contributed by atoms with Crippen LogP contribution >= 0.6 is 0 Å². The second-order valence-electron chi connectivity index (χ2n) is 5.73. The molecule has 8 heteroatoms. The number of hydrogen-bond donors (Lipinski definition) is 3. The molecule has 1 atom stereocenters. The lowest BCUT2D eigenvalue weighted by molar-refractivity contribution is -0.137. The van der Waals surface area contributed by atoms with E-state index in [1.54, 1.807) is 18.2 Å². The number of carbonyl (C=O) groups excluding carboxylic acids is 3. The van der Waals surface area contributed by atoms with E-state index in [1.165, 1.54) is 17.9 Å². The van der Waals surface area contributed by atoms with Crippen LogP contribution in [0.25, 0.3) is 0 Å². The minimum Gasteiger partial charge on any atom is -0.480 e. The predicted molar refractivity (Wildman–Crippen MR) is 84.3 cm³/mol. The molecule has 1 aromatic carbocycles. The van der Waals surface area contributed by atoms with Gasteiger partial charge in [-0.3, -0.25) is 19.7 Å². The molecule has 1 fully saturated rings. The van der Waals surface area contributed by atoms with Crippen molar-refractivity contribution in [3.63, 3.8) is 0 Å². The molecule has 1 unspecified atom stereocenters. The van der Waals surface area contributed by atoms with Crippen molar-refractivity contribution >= 4 is 23.8 Å². The van der Waals surface area contributed by atoms with E-state index in [0.717, 1.165) is 0 Å². The third-order valence-electron chi connectivity index (χ3n) is 3.84. The van der Waals surface area contributed by atoms with Crippen molar-refractivity contribution in [2.45, 2.75) is 25.8 Å². The lowest BCUT2D eigenvalue weighted by Gasteiger charge is -2.23. The van der Waals surface area contributed by atoms with Crippen LogP contribution in [0.3, 0.4) is 0 Å². The molecule has 0 saturated carbocycles. The zero-order valence-corrected chi connectivity index (χ0v) is 13.5. The number of amides is 4. The zero-order chi connectivity index (χ0) is 17.9. The summed E-state index contributed by atoms with van der Waals surface area (Å²) in [7, 11) is 0. The molecule has 1 aliphatic rings. The number of aliphatic carboxylic acids is 1. The summed E-state index contributed by atoms with van der Waals surface area (Å²) in [5.41, 5.74) is -0.559. The predicted octanol–water partition coefficient (Wildman–Crippen LogP) is 0.678. The van der Waals surface area contributed by atoms with E-state index in [2.05, 4.69) is 10.6 Å². The third-order valence-corrected chi connectivity index (χ3v) is 3.84. The molecule has 8 nitrogen and oxygen atoms in total. The average molecular weight is 333 g/mol. The van der Waals surface area contributed by atoms with Crippen molar-refractivity contribution in [2.75, 3.05) is 13.1 Å². The summed E-state index contributed by atoms with van der Waals surface area (Å²) >= 11 is 0. The molecular weight excluding hydrogens is 314 g/mol. The lowest BCUT2D eigenvalue weighted by atomic mass is 9.91. The van der Waals surface area contributed by atoms with Crippen molar-refractivity contribution in [1.82, 2.24) is 15.5 Å². The zero-order valence-electron chi connectivity index (χ0n) is 13.5. The maximum atomic E-state index is 12.6. The molecule has 0 spiro atoms. The van der Waals surface area contributed by atoms with Crippen LogP contribution in [0.1, 0.15) is 36.2 Å². The van der Waals surface area contributed by atoms with E-state index in [-0.39, 0.29) is 5.56 Å². The summed E-state index contributed by atoms with van der Waals surface area (Å²) in [6.07, 6.45) is 0.620. The van der Waals surface area contributed by atoms with Crippen LogP contribution in [0.4, 0.5) is 4.79 Å². The van der Waals surface area contributed by atoms with E-state index >= 15 is 0 Å². The first-order valence-electron chi connectivity index (χ1n) is 7.53. The number of rotatable bonds is 6. The van der Waals surface area contributed by atoms with E-state index in [0.29, 0.717) is 18.5 Å². The molecule has 4 amide bonds. The number of carbonyl (C=O) groups is 4. The fourth-order valence-corrected chi connectivity index (χ4v) is 2.58. The number of nitrogens with zero attached hydrogens (tertiary/aromatic N) is 1. The van der Waals surface area contributed by atoms with Gasteiger partial charge in [0.1, 0.15) is 12.1 Å². The summed E-state index contributed by atoms with van der Waals surface area (Å²) in [5, 5.41) is 13.6. The summed E-state index contributed by atoms with van der Waals surface area (Å²) in [4.78, 5) is 48.1. The van der Waals surface area contributed by atoms with E-state index in [1.807, 2.05) is 6.92 Å². The van der Waals surface area contributed by atoms with Crippen LogP contribution in [-0.4, -0.2) is 46.9 Å². The van der Waals surface area contributed by atoms with Gasteiger partial charge in [0.25, 0.3) is 11.8 Å². The normalized spacial score (nSPS) is 19.6. The van der Waals surface area contributed by atoms with Crippen LogP contribution < -0.4 is 10.6 Å². The fourth-order valence-electron chi connectivity index (χ4n) is 2.58. The molecule has 0 bridgehead atoms. The Kier molecular flexibility index (Phi) is 4.87. The molecule has 128 valence electrons. The Morgan fingerprint density at radius 3 is 2.54 bits per heavy atom. The number of hydrogen-bond acceptors (Lipinski definition) is 4. The average Bonchev–Trinajstić information content (AvgIpc) is 2.79. The van der Waals surface area contributed by atoms with E-state index in [9.17, 15) is 19.2 Å². The van der Waals surface area contributed by atoms with Crippen LogP contribution in [-0.2, 0) is 15.1 Å². The fraction of sp³-hybridized carbons (Fsp3) is 0.375. The number of carboxylic acid groups (broad SMARTS) is 1. The number of nitrogens with one attached hydrogen (secondary N) is 2. The Labute approximate surface area is 138 Å². The minimum absolute atomic E-state index is 0.261. The maximum absolute atomic E-state index is 12.6. The van der Waals surface area contributed by atoms with Crippen molar-refractivity contribution in [1.29, 1.82) is 0 Å². The second-order valence-corrected chi connectivity index (χ2v) is 5.73. The Bertz CT molecular complexity index is 703. The van der Waals surface area contributed by atoms with E-state index < -0.39 is 35.9 Å². The molecule has 1 aliphatic heterocycles. The molecule has 0 aliphatic carbocycles. The van der Waals surface area contributed by atoms with Crippen LogP contribution in [0.15, 0.2) is 24.3 Å². The SMILES string of the molecule is CCCN(CC(=O)O)C(=O)c1cccc(C2(C)NC(=O)NC2=O)c1. The molecule has 1 aromatic rings.